The molecule has 0 saturated heterocycles. The lowest BCUT2D eigenvalue weighted by molar-refractivity contribution is -0.750. The van der Waals surface area contributed by atoms with E-state index in [9.17, 15) is 0 Å². The highest BCUT2D eigenvalue weighted by Crippen LogP contribution is 2.51. The number of nitrogens with zero attached hydrogens (tertiary/aromatic N) is 2. The molecule has 0 fully saturated rings. The standard InChI is InChI=1S/C29H33N2/c1-6-9-10-19-11-12-20-17-23-26-25-21(13-14-22(19)24(20)25)18-30-15-16-31(27(26)30)29(5,8-3)28(23,4)7-2/h11-18H,6-10H2,1-5H3/q+1. The van der Waals surface area contributed by atoms with Crippen LogP contribution >= 0.6 is 0 Å². The van der Waals surface area contributed by atoms with Crippen LogP contribution in [0.15, 0.2) is 48.9 Å². The van der Waals surface area contributed by atoms with Gasteiger partial charge in [0.15, 0.2) is 0 Å². The van der Waals surface area contributed by atoms with Gasteiger partial charge in [-0.1, -0.05) is 58.4 Å². The van der Waals surface area contributed by atoms with Crippen LogP contribution in [-0.2, 0) is 17.4 Å². The summed E-state index contributed by atoms with van der Waals surface area (Å²) in [5.74, 6) is 0. The van der Waals surface area contributed by atoms with Crippen molar-refractivity contribution in [3.8, 4) is 0 Å². The van der Waals surface area contributed by atoms with Crippen molar-refractivity contribution in [1.29, 1.82) is 0 Å². The van der Waals surface area contributed by atoms with Crippen molar-refractivity contribution < 1.29 is 4.57 Å². The Bertz CT molecular complexity index is 1470. The molecule has 0 saturated carbocycles. The van der Waals surface area contributed by atoms with Crippen molar-refractivity contribution in [3.05, 3.63) is 60.0 Å². The first-order valence-electron chi connectivity index (χ1n) is 12.1. The summed E-state index contributed by atoms with van der Waals surface area (Å²) in [6.07, 6.45) is 12.8. The van der Waals surface area contributed by atoms with Gasteiger partial charge in [0.25, 0.3) is 5.65 Å². The molecule has 31 heavy (non-hydrogen) atoms. The zero-order chi connectivity index (χ0) is 21.5. The van der Waals surface area contributed by atoms with Gasteiger partial charge in [0.2, 0.25) is 0 Å². The Kier molecular flexibility index (Phi) is 3.83. The first-order valence-corrected chi connectivity index (χ1v) is 12.1. The van der Waals surface area contributed by atoms with Crippen molar-refractivity contribution >= 4 is 38.0 Å². The number of hydrogen-bond donors (Lipinski definition) is 0. The highest BCUT2D eigenvalue weighted by atomic mass is 15.2. The Hall–Kier alpha value is -2.61. The van der Waals surface area contributed by atoms with Crippen molar-refractivity contribution in [2.75, 3.05) is 0 Å². The predicted octanol–water partition coefficient (Wildman–Crippen LogP) is 7.27. The van der Waals surface area contributed by atoms with Gasteiger partial charge in [-0.25, -0.2) is 8.97 Å². The van der Waals surface area contributed by atoms with Crippen LogP contribution in [0.25, 0.3) is 38.0 Å². The van der Waals surface area contributed by atoms with Gasteiger partial charge in [-0.3, -0.25) is 0 Å². The zero-order valence-corrected chi connectivity index (χ0v) is 19.5. The first-order chi connectivity index (χ1) is 15.0. The number of aromatic nitrogens is 2. The minimum Gasteiger partial charge on any atom is -0.224 e. The molecule has 2 aromatic heterocycles. The Morgan fingerprint density at radius 1 is 0.903 bits per heavy atom. The lowest BCUT2D eigenvalue weighted by Gasteiger charge is -2.46. The predicted molar refractivity (Wildman–Crippen MR) is 131 cm³/mol. The zero-order valence-electron chi connectivity index (χ0n) is 19.5. The molecule has 0 aliphatic carbocycles. The van der Waals surface area contributed by atoms with E-state index in [1.54, 1.807) is 0 Å². The van der Waals surface area contributed by atoms with Crippen LogP contribution in [0.5, 0.6) is 0 Å². The molecule has 0 N–H and O–H groups in total. The Morgan fingerprint density at radius 2 is 1.71 bits per heavy atom. The lowest BCUT2D eigenvalue weighted by Crippen LogP contribution is -2.65. The molecule has 2 nitrogen and oxygen atoms in total. The fourth-order valence-corrected chi connectivity index (χ4v) is 6.66. The topological polar surface area (TPSA) is 8.29 Å². The van der Waals surface area contributed by atoms with Gasteiger partial charge in [0.05, 0.1) is 5.39 Å². The third-order valence-corrected chi connectivity index (χ3v) is 9.02. The van der Waals surface area contributed by atoms with Crippen molar-refractivity contribution in [1.82, 2.24) is 4.40 Å². The number of imidazole rings is 1. The van der Waals surface area contributed by atoms with Crippen LogP contribution in [0.4, 0.5) is 0 Å². The second-order valence-corrected chi connectivity index (χ2v) is 10.1. The lowest BCUT2D eigenvalue weighted by atomic mass is 9.61. The van der Waals surface area contributed by atoms with E-state index < -0.39 is 0 Å². The quantitative estimate of drug-likeness (QED) is 0.213. The van der Waals surface area contributed by atoms with E-state index in [0.717, 1.165) is 12.8 Å². The summed E-state index contributed by atoms with van der Waals surface area (Å²) in [4.78, 5) is 0. The van der Waals surface area contributed by atoms with Crippen LogP contribution in [0.2, 0.25) is 0 Å². The number of pyridine rings is 1. The fourth-order valence-electron chi connectivity index (χ4n) is 6.66. The van der Waals surface area contributed by atoms with Crippen LogP contribution in [-0.4, -0.2) is 4.40 Å². The van der Waals surface area contributed by atoms with Crippen molar-refractivity contribution in [2.24, 2.45) is 0 Å². The summed E-state index contributed by atoms with van der Waals surface area (Å²) >= 11 is 0. The minimum absolute atomic E-state index is 0.0511. The molecule has 2 unspecified atom stereocenters. The second kappa shape index (κ2) is 6.22. The molecule has 2 atom stereocenters. The normalized spacial score (nSPS) is 23.3. The molecule has 1 aliphatic rings. The Balaban J connectivity index is 1.87. The summed E-state index contributed by atoms with van der Waals surface area (Å²) in [5.41, 5.74) is 4.54. The van der Waals surface area contributed by atoms with E-state index in [0.29, 0.717) is 0 Å². The molecule has 0 spiro atoms. The summed E-state index contributed by atoms with van der Waals surface area (Å²) in [6, 6.07) is 12.1. The van der Waals surface area contributed by atoms with Gasteiger partial charge in [-0.2, -0.15) is 0 Å². The molecule has 158 valence electrons. The van der Waals surface area contributed by atoms with Gasteiger partial charge in [0, 0.05) is 16.2 Å². The molecule has 5 aromatic rings. The molecule has 3 aromatic carbocycles. The Morgan fingerprint density at radius 3 is 2.45 bits per heavy atom. The van der Waals surface area contributed by atoms with Crippen molar-refractivity contribution in [3.63, 3.8) is 0 Å². The monoisotopic (exact) mass is 409 g/mol. The second-order valence-electron chi connectivity index (χ2n) is 10.1. The maximum absolute atomic E-state index is 2.59. The van der Waals surface area contributed by atoms with Gasteiger partial charge in [-0.05, 0) is 66.0 Å². The van der Waals surface area contributed by atoms with E-state index in [1.807, 2.05) is 0 Å². The van der Waals surface area contributed by atoms with Crippen LogP contribution < -0.4 is 4.57 Å². The van der Waals surface area contributed by atoms with Gasteiger partial charge >= 0.3 is 0 Å². The molecular weight excluding hydrogens is 376 g/mol. The van der Waals surface area contributed by atoms with Crippen LogP contribution in [0.1, 0.15) is 71.4 Å². The number of benzene rings is 3. The molecule has 1 aliphatic heterocycles. The molecule has 0 amide bonds. The summed E-state index contributed by atoms with van der Waals surface area (Å²) in [7, 11) is 0. The Labute approximate surface area is 184 Å². The van der Waals surface area contributed by atoms with Gasteiger partial charge in [-0.15, -0.1) is 0 Å². The summed E-state index contributed by atoms with van der Waals surface area (Å²) in [6.45, 7) is 12.0. The minimum atomic E-state index is 0.0511. The summed E-state index contributed by atoms with van der Waals surface area (Å²) in [5, 5.41) is 8.64. The summed E-state index contributed by atoms with van der Waals surface area (Å²) < 4.78 is 4.96. The highest BCUT2D eigenvalue weighted by Gasteiger charge is 2.53. The van der Waals surface area contributed by atoms with E-state index in [-0.39, 0.29) is 11.0 Å². The third kappa shape index (κ3) is 2.11. The number of unbranched alkanes of at least 4 members (excludes halogenated alkanes) is 1. The molecule has 0 bridgehead atoms. The molecule has 3 heterocycles. The first kappa shape index (κ1) is 19.1. The molecule has 0 radical (unpaired) electrons. The third-order valence-electron chi connectivity index (χ3n) is 9.02. The van der Waals surface area contributed by atoms with E-state index >= 15 is 0 Å². The average molecular weight is 410 g/mol. The average Bonchev–Trinajstić information content (AvgIpc) is 3.23. The van der Waals surface area contributed by atoms with Gasteiger partial charge < -0.3 is 0 Å². The maximum atomic E-state index is 2.59. The fraction of sp³-hybridized carbons (Fsp3) is 0.414. The van der Waals surface area contributed by atoms with Gasteiger partial charge in [0.1, 0.15) is 24.1 Å². The highest BCUT2D eigenvalue weighted by molar-refractivity contribution is 6.26. The number of hydrogen-bond acceptors (Lipinski definition) is 0. The smallest absolute Gasteiger partial charge is 0.224 e. The van der Waals surface area contributed by atoms with E-state index in [1.165, 1.54) is 68.4 Å². The largest absolute Gasteiger partial charge is 0.295 e. The van der Waals surface area contributed by atoms with E-state index in [4.69, 9.17) is 0 Å². The maximum Gasteiger partial charge on any atom is 0.295 e. The van der Waals surface area contributed by atoms with Crippen LogP contribution in [0.3, 0.4) is 0 Å². The van der Waals surface area contributed by atoms with Crippen molar-refractivity contribution in [2.45, 2.75) is 77.7 Å². The molecular formula is C29H33N2+. The SMILES string of the molecule is CCCCc1ccc2cc3c4c5c(ccc1c25)cn1cc[n+](c41)C(C)(CC)C3(C)CC. The van der Waals surface area contributed by atoms with E-state index in [2.05, 4.69) is 92.5 Å². The van der Waals surface area contributed by atoms with Crippen LogP contribution in [0, 0.1) is 0 Å². The molecule has 2 heteroatoms. The number of rotatable bonds is 5. The number of aryl methyl sites for hydroxylation is 1. The molecule has 6 rings (SSSR count).